The first-order valence-corrected chi connectivity index (χ1v) is 11.3. The molecule has 0 N–H and O–H groups in total. The van der Waals surface area contributed by atoms with Gasteiger partial charge in [0.25, 0.3) is 0 Å². The minimum atomic E-state index is -0.817. The Bertz CT molecular complexity index is 396. The zero-order valence-electron chi connectivity index (χ0n) is 12.1. The van der Waals surface area contributed by atoms with Crippen LogP contribution < -0.4 is 0 Å². The molecule has 0 aromatic heterocycles. The molecule has 2 atom stereocenters. The summed E-state index contributed by atoms with van der Waals surface area (Å²) >= 11 is 0. The van der Waals surface area contributed by atoms with Gasteiger partial charge in [-0.1, -0.05) is 46.2 Å². The maximum atomic E-state index is 11.0. The minimum absolute atomic E-state index is 0. The van der Waals surface area contributed by atoms with Gasteiger partial charge < -0.3 is 0 Å². The van der Waals surface area contributed by atoms with E-state index in [1.165, 1.54) is 10.8 Å². The van der Waals surface area contributed by atoms with E-state index in [0.29, 0.717) is 11.5 Å². The summed E-state index contributed by atoms with van der Waals surface area (Å²) in [6, 6.07) is 0. The number of carbonyl (C=O) groups excluding carboxylic acids is 2. The van der Waals surface area contributed by atoms with Crippen LogP contribution in [-0.4, -0.2) is 38.8 Å². The van der Waals surface area contributed by atoms with E-state index >= 15 is 0 Å². The van der Waals surface area contributed by atoms with Crippen LogP contribution in [0, 0.1) is 10.8 Å². The van der Waals surface area contributed by atoms with E-state index in [4.69, 9.17) is 0 Å². The minimum Gasteiger partial charge on any atom is -0.299 e. The summed E-state index contributed by atoms with van der Waals surface area (Å²) in [7, 11) is 4.18. The Morgan fingerprint density at radius 1 is 0.950 bits per heavy atom. The summed E-state index contributed by atoms with van der Waals surface area (Å²) < 4.78 is 10.9. The van der Waals surface area contributed by atoms with Gasteiger partial charge in [-0.3, -0.25) is 9.59 Å². The lowest BCUT2D eigenvalue weighted by atomic mass is 9.91. The SMILES string of the molecule is CC(=O)C1(C)CSS(=O)C1.CC(=O)C1(C)CSSC1.I. The fourth-order valence-electron chi connectivity index (χ4n) is 1.33. The van der Waals surface area contributed by atoms with Crippen LogP contribution in [0.3, 0.4) is 0 Å². The number of hydrogen-bond acceptors (Lipinski definition) is 6. The second-order valence-electron chi connectivity index (χ2n) is 5.47. The Morgan fingerprint density at radius 3 is 1.60 bits per heavy atom. The third-order valence-corrected chi connectivity index (χ3v) is 9.75. The van der Waals surface area contributed by atoms with Crippen molar-refractivity contribution in [2.75, 3.05) is 23.0 Å². The van der Waals surface area contributed by atoms with Crippen LogP contribution in [0.4, 0.5) is 0 Å². The third-order valence-electron chi connectivity index (χ3n) is 3.48. The number of Topliss-reactive ketones (excluding diaryl/α,β-unsaturated/α-hetero) is 2. The Kier molecular flexibility index (Phi) is 9.34. The van der Waals surface area contributed by atoms with E-state index in [1.807, 2.05) is 13.8 Å². The van der Waals surface area contributed by atoms with Gasteiger partial charge in [0.1, 0.15) is 11.6 Å². The van der Waals surface area contributed by atoms with Crippen molar-refractivity contribution in [3.63, 3.8) is 0 Å². The Hall–Kier alpha value is 1.27. The summed E-state index contributed by atoms with van der Waals surface area (Å²) in [5, 5.41) is 0. The van der Waals surface area contributed by atoms with Crippen molar-refractivity contribution in [1.82, 2.24) is 0 Å². The second kappa shape index (κ2) is 8.79. The van der Waals surface area contributed by atoms with Gasteiger partial charge in [-0.25, -0.2) is 4.21 Å². The lowest BCUT2D eigenvalue weighted by Crippen LogP contribution is -2.28. The molecule has 2 fully saturated rings. The number of hydrogen-bond donors (Lipinski definition) is 0. The van der Waals surface area contributed by atoms with Gasteiger partial charge in [-0.05, 0) is 13.8 Å². The van der Waals surface area contributed by atoms with Crippen molar-refractivity contribution in [3.05, 3.63) is 0 Å². The van der Waals surface area contributed by atoms with Gasteiger partial charge >= 0.3 is 0 Å². The first-order valence-electron chi connectivity index (χ1n) is 5.98. The average molecular weight is 468 g/mol. The quantitative estimate of drug-likeness (QED) is 0.456. The summed E-state index contributed by atoms with van der Waals surface area (Å²) in [4.78, 5) is 21.9. The number of halogens is 1. The molecule has 2 saturated heterocycles. The van der Waals surface area contributed by atoms with Gasteiger partial charge in [0.2, 0.25) is 0 Å². The standard InChI is InChI=1S/C6H10O2S2.C6H10OS2.HI/c1-5(7)6(2)3-9-10(8)4-6;1-5(7)6(2)3-8-9-4-6;/h3-4H2,1-2H3;3-4H2,1-2H3;1H. The number of ketones is 2. The molecule has 2 aliphatic heterocycles. The average Bonchev–Trinajstić information content (AvgIpc) is 2.88. The van der Waals surface area contributed by atoms with Gasteiger partial charge in [-0.2, -0.15) is 0 Å². The molecule has 20 heavy (non-hydrogen) atoms. The van der Waals surface area contributed by atoms with Crippen LogP contribution in [0.15, 0.2) is 0 Å². The Labute approximate surface area is 152 Å². The molecule has 0 aromatic rings. The zero-order valence-corrected chi connectivity index (χ0v) is 17.7. The van der Waals surface area contributed by atoms with E-state index < -0.39 is 9.83 Å². The zero-order chi connectivity index (χ0) is 14.7. The summed E-state index contributed by atoms with van der Waals surface area (Å²) in [5.74, 6) is 3.73. The van der Waals surface area contributed by atoms with Gasteiger partial charge in [0, 0.05) is 33.8 Å². The first kappa shape index (κ1) is 21.3. The lowest BCUT2D eigenvalue weighted by Gasteiger charge is -2.15. The highest BCUT2D eigenvalue weighted by Gasteiger charge is 2.38. The molecule has 118 valence electrons. The van der Waals surface area contributed by atoms with Crippen LogP contribution in [0.5, 0.6) is 0 Å². The summed E-state index contributed by atoms with van der Waals surface area (Å²) in [5.41, 5.74) is -0.329. The molecular formula is C12H21IO3S4. The van der Waals surface area contributed by atoms with Crippen molar-refractivity contribution in [3.8, 4) is 0 Å². The van der Waals surface area contributed by atoms with E-state index in [2.05, 4.69) is 0 Å². The van der Waals surface area contributed by atoms with Crippen LogP contribution in [0.2, 0.25) is 0 Å². The smallest absolute Gasteiger partial charge is 0.137 e. The predicted molar refractivity (Wildman–Crippen MR) is 103 cm³/mol. The van der Waals surface area contributed by atoms with Gasteiger partial charge in [0.15, 0.2) is 0 Å². The summed E-state index contributed by atoms with van der Waals surface area (Å²) in [6.45, 7) is 7.19. The molecule has 2 aliphatic rings. The molecule has 2 rings (SSSR count). The van der Waals surface area contributed by atoms with E-state index in [1.54, 1.807) is 35.4 Å². The van der Waals surface area contributed by atoms with Crippen molar-refractivity contribution in [1.29, 1.82) is 0 Å². The molecule has 0 saturated carbocycles. The van der Waals surface area contributed by atoms with Crippen LogP contribution in [-0.2, 0) is 19.4 Å². The molecule has 2 heterocycles. The molecular weight excluding hydrogens is 447 g/mol. The van der Waals surface area contributed by atoms with Crippen molar-refractivity contribution in [2.24, 2.45) is 10.8 Å². The van der Waals surface area contributed by atoms with Crippen LogP contribution in [0.1, 0.15) is 27.7 Å². The fraction of sp³-hybridized carbons (Fsp3) is 0.833. The fourth-order valence-corrected chi connectivity index (χ4v) is 8.76. The second-order valence-corrected chi connectivity index (χ2v) is 11.2. The number of rotatable bonds is 2. The third kappa shape index (κ3) is 5.81. The predicted octanol–water partition coefficient (Wildman–Crippen LogP) is 3.59. The maximum absolute atomic E-state index is 11.0. The largest absolute Gasteiger partial charge is 0.299 e. The normalized spacial score (nSPS) is 30.9. The Morgan fingerprint density at radius 2 is 1.40 bits per heavy atom. The maximum Gasteiger partial charge on any atom is 0.137 e. The van der Waals surface area contributed by atoms with E-state index in [0.717, 1.165) is 17.3 Å². The van der Waals surface area contributed by atoms with Crippen molar-refractivity contribution in [2.45, 2.75) is 27.7 Å². The highest BCUT2D eigenvalue weighted by Crippen LogP contribution is 2.43. The van der Waals surface area contributed by atoms with Crippen molar-refractivity contribution < 1.29 is 13.8 Å². The monoisotopic (exact) mass is 468 g/mol. The molecule has 2 unspecified atom stereocenters. The highest BCUT2D eigenvalue weighted by atomic mass is 127. The van der Waals surface area contributed by atoms with Gasteiger partial charge in [-0.15, -0.1) is 24.0 Å². The van der Waals surface area contributed by atoms with Gasteiger partial charge in [0.05, 0.1) is 9.83 Å². The van der Waals surface area contributed by atoms with E-state index in [-0.39, 0.29) is 40.6 Å². The number of carbonyl (C=O) groups is 2. The first-order chi connectivity index (χ1) is 8.69. The van der Waals surface area contributed by atoms with Crippen LogP contribution >= 0.6 is 56.4 Å². The lowest BCUT2D eigenvalue weighted by molar-refractivity contribution is -0.124. The molecule has 8 heteroatoms. The molecule has 0 aliphatic carbocycles. The van der Waals surface area contributed by atoms with E-state index in [9.17, 15) is 13.8 Å². The molecule has 3 nitrogen and oxygen atoms in total. The topological polar surface area (TPSA) is 51.2 Å². The Balaban J connectivity index is 0.000000345. The highest BCUT2D eigenvalue weighted by molar-refractivity contribution is 14.0. The summed E-state index contributed by atoms with van der Waals surface area (Å²) in [6.07, 6.45) is 0. The molecule has 0 aromatic carbocycles. The molecule has 0 spiro atoms. The molecule has 0 bridgehead atoms. The van der Waals surface area contributed by atoms with Crippen molar-refractivity contribution >= 4 is 77.8 Å². The van der Waals surface area contributed by atoms with Crippen LogP contribution in [0.25, 0.3) is 0 Å². The molecule has 0 amide bonds. The molecule has 0 radical (unpaired) electrons.